The number of nitrogens with one attached hydrogen (secondary N) is 1. The van der Waals surface area contributed by atoms with Crippen LogP contribution in [0.5, 0.6) is 0 Å². The van der Waals surface area contributed by atoms with Crippen molar-refractivity contribution < 1.29 is 0 Å². The van der Waals surface area contributed by atoms with E-state index in [2.05, 4.69) is 32.2 Å². The molecular weight excluding hydrogens is 288 g/mol. The Morgan fingerprint density at radius 3 is 2.90 bits per heavy atom. The Bertz CT molecular complexity index is 585. The van der Waals surface area contributed by atoms with Crippen LogP contribution < -0.4 is 5.32 Å². The van der Waals surface area contributed by atoms with Gasteiger partial charge in [-0.3, -0.25) is 4.57 Å². The van der Waals surface area contributed by atoms with E-state index < -0.39 is 0 Å². The SMILES string of the molecule is CC1CCCCC1CNc1nc(Cl)nc(-n2ccnc2)n1. The highest BCUT2D eigenvalue weighted by atomic mass is 35.5. The van der Waals surface area contributed by atoms with Gasteiger partial charge in [-0.1, -0.05) is 26.2 Å². The van der Waals surface area contributed by atoms with E-state index in [-0.39, 0.29) is 5.28 Å². The number of imidazole rings is 1. The van der Waals surface area contributed by atoms with Gasteiger partial charge in [0, 0.05) is 18.9 Å². The summed E-state index contributed by atoms with van der Waals surface area (Å²) in [7, 11) is 0. The summed E-state index contributed by atoms with van der Waals surface area (Å²) in [6.45, 7) is 3.20. The van der Waals surface area contributed by atoms with E-state index in [1.54, 1.807) is 23.3 Å². The summed E-state index contributed by atoms with van der Waals surface area (Å²) in [5.41, 5.74) is 0. The van der Waals surface area contributed by atoms with E-state index in [9.17, 15) is 0 Å². The summed E-state index contributed by atoms with van der Waals surface area (Å²) < 4.78 is 1.71. The number of rotatable bonds is 4. The van der Waals surface area contributed by atoms with E-state index in [4.69, 9.17) is 11.6 Å². The highest BCUT2D eigenvalue weighted by Crippen LogP contribution is 2.29. The van der Waals surface area contributed by atoms with E-state index in [0.29, 0.717) is 17.8 Å². The molecule has 1 saturated carbocycles. The highest BCUT2D eigenvalue weighted by molar-refractivity contribution is 6.28. The van der Waals surface area contributed by atoms with Gasteiger partial charge in [0.1, 0.15) is 6.33 Å². The summed E-state index contributed by atoms with van der Waals surface area (Å²) in [5.74, 6) is 2.42. The molecule has 2 aromatic rings. The third-order valence-corrected chi connectivity index (χ3v) is 4.31. The maximum absolute atomic E-state index is 5.98. The second-order valence-corrected chi connectivity index (χ2v) is 5.94. The van der Waals surface area contributed by atoms with Gasteiger partial charge in [-0.05, 0) is 29.9 Å². The van der Waals surface area contributed by atoms with Gasteiger partial charge in [-0.2, -0.15) is 15.0 Å². The Morgan fingerprint density at radius 2 is 2.14 bits per heavy atom. The number of halogens is 1. The molecule has 1 aliphatic carbocycles. The largest absolute Gasteiger partial charge is 0.354 e. The van der Waals surface area contributed by atoms with Crippen LogP contribution in [-0.4, -0.2) is 31.0 Å². The molecule has 1 fully saturated rings. The molecular formula is C14H19ClN6. The minimum absolute atomic E-state index is 0.188. The van der Waals surface area contributed by atoms with E-state index in [1.165, 1.54) is 25.7 Å². The van der Waals surface area contributed by atoms with Gasteiger partial charge < -0.3 is 5.32 Å². The summed E-state index contributed by atoms with van der Waals surface area (Å²) >= 11 is 5.98. The van der Waals surface area contributed by atoms with Crippen LogP contribution in [0.25, 0.3) is 5.95 Å². The third-order valence-electron chi connectivity index (χ3n) is 4.14. The smallest absolute Gasteiger partial charge is 0.241 e. The van der Waals surface area contributed by atoms with Crippen LogP contribution in [0.3, 0.4) is 0 Å². The predicted octanol–water partition coefficient (Wildman–Crippen LogP) is 2.95. The molecule has 0 radical (unpaired) electrons. The second kappa shape index (κ2) is 6.39. The van der Waals surface area contributed by atoms with Gasteiger partial charge in [0.15, 0.2) is 0 Å². The van der Waals surface area contributed by atoms with Crippen molar-refractivity contribution in [3.8, 4) is 5.95 Å². The molecule has 7 heteroatoms. The first-order chi connectivity index (χ1) is 10.2. The topological polar surface area (TPSA) is 68.5 Å². The maximum Gasteiger partial charge on any atom is 0.241 e. The van der Waals surface area contributed by atoms with Crippen LogP contribution in [0.1, 0.15) is 32.6 Å². The quantitative estimate of drug-likeness (QED) is 0.940. The zero-order chi connectivity index (χ0) is 14.7. The Morgan fingerprint density at radius 1 is 1.29 bits per heavy atom. The van der Waals surface area contributed by atoms with Gasteiger partial charge in [0.2, 0.25) is 17.2 Å². The third kappa shape index (κ3) is 3.50. The Balaban J connectivity index is 1.70. The fourth-order valence-electron chi connectivity index (χ4n) is 2.83. The van der Waals surface area contributed by atoms with Crippen molar-refractivity contribution in [1.29, 1.82) is 0 Å². The molecule has 2 atom stereocenters. The lowest BCUT2D eigenvalue weighted by atomic mass is 9.80. The van der Waals surface area contributed by atoms with Crippen LogP contribution in [0.4, 0.5) is 5.95 Å². The molecule has 0 aromatic carbocycles. The molecule has 6 nitrogen and oxygen atoms in total. The normalized spacial score (nSPS) is 22.2. The van der Waals surface area contributed by atoms with E-state index in [1.807, 2.05) is 0 Å². The molecule has 0 amide bonds. The number of aromatic nitrogens is 5. The van der Waals surface area contributed by atoms with Gasteiger partial charge in [0.25, 0.3) is 0 Å². The summed E-state index contributed by atoms with van der Waals surface area (Å²) in [6.07, 6.45) is 10.3. The van der Waals surface area contributed by atoms with Crippen molar-refractivity contribution in [3.05, 3.63) is 24.0 Å². The van der Waals surface area contributed by atoms with Crippen molar-refractivity contribution in [3.63, 3.8) is 0 Å². The van der Waals surface area contributed by atoms with Gasteiger partial charge in [-0.15, -0.1) is 0 Å². The molecule has 2 heterocycles. The molecule has 0 bridgehead atoms. The van der Waals surface area contributed by atoms with Gasteiger partial charge in [-0.25, -0.2) is 4.98 Å². The molecule has 0 aliphatic heterocycles. The molecule has 3 rings (SSSR count). The van der Waals surface area contributed by atoms with Crippen LogP contribution in [0, 0.1) is 11.8 Å². The summed E-state index contributed by atoms with van der Waals surface area (Å²) in [4.78, 5) is 16.6. The van der Waals surface area contributed by atoms with Crippen LogP contribution in [0.15, 0.2) is 18.7 Å². The monoisotopic (exact) mass is 306 g/mol. The molecule has 21 heavy (non-hydrogen) atoms. The highest BCUT2D eigenvalue weighted by Gasteiger charge is 2.21. The predicted molar refractivity (Wildman–Crippen MR) is 81.6 cm³/mol. The Labute approximate surface area is 129 Å². The van der Waals surface area contributed by atoms with Crippen molar-refractivity contribution >= 4 is 17.5 Å². The standard InChI is InChI=1S/C14H19ClN6/c1-10-4-2-3-5-11(10)8-17-13-18-12(15)19-14(20-13)21-7-6-16-9-21/h6-7,9-11H,2-5,8H2,1H3,(H,17,18,19,20). The maximum atomic E-state index is 5.98. The van der Waals surface area contributed by atoms with Crippen LogP contribution >= 0.6 is 11.6 Å². The van der Waals surface area contributed by atoms with E-state index >= 15 is 0 Å². The number of anilines is 1. The lowest BCUT2D eigenvalue weighted by Gasteiger charge is -2.28. The first-order valence-electron chi connectivity index (χ1n) is 7.36. The Hall–Kier alpha value is -1.69. The zero-order valence-electron chi connectivity index (χ0n) is 12.0. The van der Waals surface area contributed by atoms with Gasteiger partial charge >= 0.3 is 0 Å². The molecule has 1 N–H and O–H groups in total. The van der Waals surface area contributed by atoms with E-state index in [0.717, 1.165) is 12.5 Å². The van der Waals surface area contributed by atoms with Crippen LogP contribution in [-0.2, 0) is 0 Å². The lowest BCUT2D eigenvalue weighted by Crippen LogP contribution is -2.25. The minimum atomic E-state index is 0.188. The first-order valence-corrected chi connectivity index (χ1v) is 7.74. The van der Waals surface area contributed by atoms with Crippen molar-refractivity contribution in [2.24, 2.45) is 11.8 Å². The molecule has 1 aliphatic rings. The fraction of sp³-hybridized carbons (Fsp3) is 0.571. The minimum Gasteiger partial charge on any atom is -0.354 e. The van der Waals surface area contributed by atoms with Gasteiger partial charge in [0.05, 0.1) is 0 Å². The fourth-order valence-corrected chi connectivity index (χ4v) is 2.99. The molecule has 2 aromatic heterocycles. The Kier molecular flexibility index (Phi) is 4.34. The number of hydrogen-bond donors (Lipinski definition) is 1. The number of nitrogens with zero attached hydrogens (tertiary/aromatic N) is 5. The lowest BCUT2D eigenvalue weighted by molar-refractivity contribution is 0.268. The molecule has 0 spiro atoms. The molecule has 0 saturated heterocycles. The molecule has 2 unspecified atom stereocenters. The van der Waals surface area contributed by atoms with Crippen molar-refractivity contribution in [1.82, 2.24) is 24.5 Å². The number of hydrogen-bond acceptors (Lipinski definition) is 5. The van der Waals surface area contributed by atoms with Crippen LogP contribution in [0.2, 0.25) is 5.28 Å². The molecule has 112 valence electrons. The van der Waals surface area contributed by atoms with Crippen molar-refractivity contribution in [2.75, 3.05) is 11.9 Å². The van der Waals surface area contributed by atoms with Crippen molar-refractivity contribution in [2.45, 2.75) is 32.6 Å². The summed E-state index contributed by atoms with van der Waals surface area (Å²) in [5, 5.41) is 3.50. The average molecular weight is 307 g/mol. The summed E-state index contributed by atoms with van der Waals surface area (Å²) in [6, 6.07) is 0. The first kappa shape index (κ1) is 14.3. The second-order valence-electron chi connectivity index (χ2n) is 5.60. The zero-order valence-corrected chi connectivity index (χ0v) is 12.8. The average Bonchev–Trinajstić information content (AvgIpc) is 3.00.